The predicted molar refractivity (Wildman–Crippen MR) is 121 cm³/mol. The van der Waals surface area contributed by atoms with Crippen LogP contribution in [-0.2, 0) is 15.7 Å². The summed E-state index contributed by atoms with van der Waals surface area (Å²) < 4.78 is 49.9. The Bertz CT molecular complexity index is 1090. The van der Waals surface area contributed by atoms with Crippen LogP contribution < -0.4 is 10.1 Å². The first-order valence-electron chi connectivity index (χ1n) is 10.1. The van der Waals surface area contributed by atoms with Crippen molar-refractivity contribution in [3.8, 4) is 5.75 Å². The van der Waals surface area contributed by atoms with Crippen LogP contribution in [0.1, 0.15) is 23.6 Å². The van der Waals surface area contributed by atoms with E-state index in [0.717, 1.165) is 29.8 Å². The first kappa shape index (κ1) is 23.1. The minimum atomic E-state index is -4.55. The van der Waals surface area contributed by atoms with Crippen molar-refractivity contribution in [1.82, 2.24) is 5.01 Å². The Kier molecular flexibility index (Phi) is 6.89. The molecule has 2 aliphatic heterocycles. The number of anilines is 1. The standard InChI is InChI=1S/C22H21F3N4O3S/c1-31-10-11-32-19-7-6-14(22(23,24)25)12-17(19)27-20(30)13-33-21-28-16-5-3-2-4-15(16)18-8-9-26-29(18)21/h2-7,9,12,18H,8,10-11,13H2,1H3,(H,27,30). The SMILES string of the molecule is COCCOc1ccc(C(F)(F)F)cc1NC(=O)CSC1=Nc2ccccc2C2CC=NN12. The molecule has 1 atom stereocenters. The molecule has 0 saturated carbocycles. The van der Waals surface area contributed by atoms with Gasteiger partial charge in [0.1, 0.15) is 12.4 Å². The van der Waals surface area contributed by atoms with E-state index in [-0.39, 0.29) is 36.4 Å². The van der Waals surface area contributed by atoms with Crippen LogP contribution in [0.15, 0.2) is 52.6 Å². The zero-order chi connectivity index (χ0) is 23.4. The molecular formula is C22H21F3N4O3S. The summed E-state index contributed by atoms with van der Waals surface area (Å²) in [6.07, 6.45) is -2.02. The molecule has 2 heterocycles. The predicted octanol–water partition coefficient (Wildman–Crippen LogP) is 4.84. The number of ether oxygens (including phenoxy) is 2. The van der Waals surface area contributed by atoms with Gasteiger partial charge < -0.3 is 14.8 Å². The summed E-state index contributed by atoms with van der Waals surface area (Å²) in [7, 11) is 1.48. The van der Waals surface area contributed by atoms with Crippen LogP contribution in [0.25, 0.3) is 0 Å². The van der Waals surface area contributed by atoms with Gasteiger partial charge in [-0.2, -0.15) is 18.3 Å². The molecule has 1 amide bonds. The summed E-state index contributed by atoms with van der Waals surface area (Å²) in [6, 6.07) is 10.7. The summed E-state index contributed by atoms with van der Waals surface area (Å²) in [5.74, 6) is -0.420. The zero-order valence-electron chi connectivity index (χ0n) is 17.6. The minimum Gasteiger partial charge on any atom is -0.489 e. The van der Waals surface area contributed by atoms with Gasteiger partial charge in [0.15, 0.2) is 5.17 Å². The van der Waals surface area contributed by atoms with Crippen molar-refractivity contribution in [2.45, 2.75) is 18.6 Å². The Morgan fingerprint density at radius 2 is 2.06 bits per heavy atom. The average molecular weight is 478 g/mol. The Hall–Kier alpha value is -3.05. The number of carbonyl (C=O) groups is 1. The van der Waals surface area contributed by atoms with Crippen molar-refractivity contribution in [3.63, 3.8) is 0 Å². The fraction of sp³-hybridized carbons (Fsp3) is 0.318. The van der Waals surface area contributed by atoms with E-state index in [1.165, 1.54) is 24.9 Å². The van der Waals surface area contributed by atoms with Gasteiger partial charge >= 0.3 is 6.18 Å². The monoisotopic (exact) mass is 478 g/mol. The number of methoxy groups -OCH3 is 1. The number of para-hydroxylation sites is 1. The molecule has 1 N–H and O–H groups in total. The number of amidine groups is 1. The maximum atomic E-state index is 13.2. The van der Waals surface area contributed by atoms with E-state index in [0.29, 0.717) is 5.17 Å². The highest BCUT2D eigenvalue weighted by molar-refractivity contribution is 8.14. The van der Waals surface area contributed by atoms with Crippen molar-refractivity contribution >= 4 is 40.4 Å². The number of rotatable bonds is 7. The molecule has 2 aromatic carbocycles. The second kappa shape index (κ2) is 9.84. The third kappa shape index (κ3) is 5.31. The molecule has 174 valence electrons. The van der Waals surface area contributed by atoms with Crippen molar-refractivity contribution in [2.24, 2.45) is 10.1 Å². The van der Waals surface area contributed by atoms with Gasteiger partial charge in [-0.05, 0) is 24.3 Å². The third-order valence-corrected chi connectivity index (χ3v) is 5.94. The molecule has 0 aliphatic carbocycles. The van der Waals surface area contributed by atoms with Gasteiger partial charge in [0.05, 0.1) is 35.3 Å². The highest BCUT2D eigenvalue weighted by atomic mass is 32.2. The number of halogens is 3. The lowest BCUT2D eigenvalue weighted by atomic mass is 10.0. The van der Waals surface area contributed by atoms with E-state index in [4.69, 9.17) is 9.47 Å². The molecule has 0 bridgehead atoms. The Morgan fingerprint density at radius 3 is 2.85 bits per heavy atom. The smallest absolute Gasteiger partial charge is 0.416 e. The fourth-order valence-corrected chi connectivity index (χ4v) is 4.26. The highest BCUT2D eigenvalue weighted by Gasteiger charge is 2.33. The van der Waals surface area contributed by atoms with E-state index >= 15 is 0 Å². The molecule has 4 rings (SSSR count). The number of thioether (sulfide) groups is 1. The van der Waals surface area contributed by atoms with Crippen LogP contribution in [0.4, 0.5) is 24.5 Å². The maximum Gasteiger partial charge on any atom is 0.416 e. The lowest BCUT2D eigenvalue weighted by Crippen LogP contribution is -2.29. The second-order valence-electron chi connectivity index (χ2n) is 7.23. The number of carbonyl (C=O) groups excluding carboxylic acids is 1. The van der Waals surface area contributed by atoms with Gasteiger partial charge in [0, 0.05) is 25.3 Å². The first-order chi connectivity index (χ1) is 15.9. The van der Waals surface area contributed by atoms with Crippen molar-refractivity contribution in [1.29, 1.82) is 0 Å². The molecule has 11 heteroatoms. The molecule has 2 aliphatic rings. The van der Waals surface area contributed by atoms with Gasteiger partial charge in [-0.15, -0.1) is 0 Å². The van der Waals surface area contributed by atoms with E-state index in [1.807, 2.05) is 24.3 Å². The number of amides is 1. The molecule has 0 saturated heterocycles. The first-order valence-corrected chi connectivity index (χ1v) is 11.1. The Labute approximate surface area is 192 Å². The van der Waals surface area contributed by atoms with Crippen LogP contribution in [0.2, 0.25) is 0 Å². The normalized spacial score (nSPS) is 16.8. The van der Waals surface area contributed by atoms with Gasteiger partial charge in [-0.25, -0.2) is 10.0 Å². The summed E-state index contributed by atoms with van der Waals surface area (Å²) in [4.78, 5) is 17.2. The van der Waals surface area contributed by atoms with Crippen molar-refractivity contribution in [2.75, 3.05) is 31.4 Å². The zero-order valence-corrected chi connectivity index (χ0v) is 18.4. The summed E-state index contributed by atoms with van der Waals surface area (Å²) in [6.45, 7) is 0.382. The molecule has 7 nitrogen and oxygen atoms in total. The number of alkyl halides is 3. The number of nitrogens with zero attached hydrogens (tertiary/aromatic N) is 3. The van der Waals surface area contributed by atoms with Gasteiger partial charge in [-0.1, -0.05) is 30.0 Å². The number of hydrogen-bond acceptors (Lipinski definition) is 7. The summed E-state index contributed by atoms with van der Waals surface area (Å²) >= 11 is 1.17. The summed E-state index contributed by atoms with van der Waals surface area (Å²) in [5.41, 5.74) is 0.941. The molecular weight excluding hydrogens is 457 g/mol. The van der Waals surface area contributed by atoms with Crippen LogP contribution in [-0.4, -0.2) is 48.4 Å². The van der Waals surface area contributed by atoms with Gasteiger partial charge in [0.25, 0.3) is 0 Å². The van der Waals surface area contributed by atoms with E-state index in [9.17, 15) is 18.0 Å². The third-order valence-electron chi connectivity index (χ3n) is 5.00. The lowest BCUT2D eigenvalue weighted by molar-refractivity contribution is -0.137. The number of aliphatic imine (C=N–C) groups is 1. The topological polar surface area (TPSA) is 75.5 Å². The number of fused-ring (bicyclic) bond motifs is 3. The Balaban J connectivity index is 1.47. The number of benzene rings is 2. The molecule has 0 radical (unpaired) electrons. The van der Waals surface area contributed by atoms with Crippen LogP contribution in [0.5, 0.6) is 5.75 Å². The number of hydrogen-bond donors (Lipinski definition) is 1. The quantitative estimate of drug-likeness (QED) is 0.577. The average Bonchev–Trinajstić information content (AvgIpc) is 3.28. The van der Waals surface area contributed by atoms with Gasteiger partial charge in [-0.3, -0.25) is 4.79 Å². The minimum absolute atomic E-state index is 0.0218. The molecule has 0 fully saturated rings. The van der Waals surface area contributed by atoms with Crippen molar-refractivity contribution < 1.29 is 27.4 Å². The van der Waals surface area contributed by atoms with Crippen molar-refractivity contribution in [3.05, 3.63) is 53.6 Å². The number of hydrazone groups is 1. The van der Waals surface area contributed by atoms with E-state index in [1.54, 1.807) is 11.2 Å². The van der Waals surface area contributed by atoms with Crippen LogP contribution in [0, 0.1) is 0 Å². The lowest BCUT2D eigenvalue weighted by Gasteiger charge is -2.29. The molecule has 2 aromatic rings. The van der Waals surface area contributed by atoms with E-state index < -0.39 is 17.6 Å². The van der Waals surface area contributed by atoms with Crippen LogP contribution in [0.3, 0.4) is 0 Å². The maximum absolute atomic E-state index is 13.2. The fourth-order valence-electron chi connectivity index (χ4n) is 3.46. The van der Waals surface area contributed by atoms with E-state index in [2.05, 4.69) is 15.4 Å². The molecule has 0 aromatic heterocycles. The van der Waals surface area contributed by atoms with Gasteiger partial charge in [0.2, 0.25) is 5.91 Å². The summed E-state index contributed by atoms with van der Waals surface area (Å²) in [5, 5.41) is 9.22. The molecule has 1 unspecified atom stereocenters. The Morgan fingerprint density at radius 1 is 1.24 bits per heavy atom. The van der Waals surface area contributed by atoms with Crippen LogP contribution >= 0.6 is 11.8 Å². The number of nitrogens with one attached hydrogen (secondary N) is 1. The highest BCUT2D eigenvalue weighted by Crippen LogP contribution is 2.41. The largest absolute Gasteiger partial charge is 0.489 e. The molecule has 0 spiro atoms. The molecule has 33 heavy (non-hydrogen) atoms. The second-order valence-corrected chi connectivity index (χ2v) is 8.18.